The fraction of sp³-hybridized carbons (Fsp3) is 0.208. The highest BCUT2D eigenvalue weighted by Gasteiger charge is 2.26. The van der Waals surface area contributed by atoms with E-state index in [9.17, 15) is 13.2 Å². The van der Waals surface area contributed by atoms with Crippen molar-refractivity contribution < 1.29 is 13.2 Å². The summed E-state index contributed by atoms with van der Waals surface area (Å²) in [6.07, 6.45) is 0. The van der Waals surface area contributed by atoms with Crippen LogP contribution in [0, 0.1) is 20.8 Å². The fourth-order valence-corrected chi connectivity index (χ4v) is 5.15. The minimum Gasteiger partial charge on any atom is -0.322 e. The average Bonchev–Trinajstić information content (AvgIpc) is 2.72. The van der Waals surface area contributed by atoms with Gasteiger partial charge in [0.05, 0.1) is 10.6 Å². The van der Waals surface area contributed by atoms with E-state index in [-0.39, 0.29) is 17.3 Å². The van der Waals surface area contributed by atoms with Gasteiger partial charge in [0.2, 0.25) is 0 Å². The summed E-state index contributed by atoms with van der Waals surface area (Å²) >= 11 is 0. The van der Waals surface area contributed by atoms with Crippen molar-refractivity contribution in [3.05, 3.63) is 89.0 Å². The van der Waals surface area contributed by atoms with Gasteiger partial charge in [-0.15, -0.1) is 0 Å². The van der Waals surface area contributed by atoms with Gasteiger partial charge in [-0.2, -0.15) is 0 Å². The second kappa shape index (κ2) is 8.71. The van der Waals surface area contributed by atoms with E-state index in [1.807, 2.05) is 38.1 Å². The van der Waals surface area contributed by atoms with Crippen molar-refractivity contribution in [3.8, 4) is 0 Å². The van der Waals surface area contributed by atoms with Gasteiger partial charge in [-0.1, -0.05) is 42.5 Å². The molecule has 6 heteroatoms. The molecule has 3 aromatic rings. The smallest absolute Gasteiger partial charge is 0.264 e. The highest BCUT2D eigenvalue weighted by Crippen LogP contribution is 2.27. The summed E-state index contributed by atoms with van der Waals surface area (Å²) in [6, 6.07) is 19.5. The summed E-state index contributed by atoms with van der Waals surface area (Å²) in [5.41, 5.74) is 4.12. The Morgan fingerprint density at radius 3 is 2.10 bits per heavy atom. The van der Waals surface area contributed by atoms with E-state index < -0.39 is 10.0 Å². The molecular formula is C24H26N2O3S. The zero-order valence-corrected chi connectivity index (χ0v) is 18.5. The van der Waals surface area contributed by atoms with Crippen molar-refractivity contribution in [1.82, 2.24) is 0 Å². The molecule has 3 aromatic carbocycles. The molecule has 0 unspecified atom stereocenters. The molecule has 156 valence electrons. The topological polar surface area (TPSA) is 66.5 Å². The zero-order valence-electron chi connectivity index (χ0n) is 17.6. The summed E-state index contributed by atoms with van der Waals surface area (Å²) in [5.74, 6) is -0.341. The number of benzene rings is 3. The number of rotatable bonds is 6. The van der Waals surface area contributed by atoms with Gasteiger partial charge in [0.15, 0.2) is 0 Å². The maximum absolute atomic E-state index is 13.4. The van der Waals surface area contributed by atoms with Gasteiger partial charge in [0, 0.05) is 17.8 Å². The number of sulfonamides is 1. The van der Waals surface area contributed by atoms with E-state index in [1.54, 1.807) is 50.2 Å². The Bertz CT molecular complexity index is 1150. The summed E-state index contributed by atoms with van der Waals surface area (Å²) in [6.45, 7) is 7.65. The van der Waals surface area contributed by atoms with Crippen molar-refractivity contribution in [1.29, 1.82) is 0 Å². The highest BCUT2D eigenvalue weighted by molar-refractivity contribution is 7.92. The van der Waals surface area contributed by atoms with Gasteiger partial charge < -0.3 is 5.32 Å². The molecule has 0 saturated heterocycles. The number of carbonyl (C=O) groups is 1. The molecule has 0 heterocycles. The molecule has 0 spiro atoms. The van der Waals surface area contributed by atoms with Crippen LogP contribution in [-0.4, -0.2) is 20.9 Å². The molecular weight excluding hydrogens is 396 g/mol. The molecule has 0 radical (unpaired) electrons. The number of aryl methyl sites for hydroxylation is 3. The van der Waals surface area contributed by atoms with E-state index in [0.717, 1.165) is 16.8 Å². The predicted octanol–water partition coefficient (Wildman–Crippen LogP) is 5.08. The Labute approximate surface area is 178 Å². The molecule has 0 atom stereocenters. The fourth-order valence-electron chi connectivity index (χ4n) is 3.42. The van der Waals surface area contributed by atoms with E-state index in [2.05, 4.69) is 5.32 Å². The number of amides is 1. The van der Waals surface area contributed by atoms with Gasteiger partial charge >= 0.3 is 0 Å². The largest absolute Gasteiger partial charge is 0.322 e. The van der Waals surface area contributed by atoms with Crippen LogP contribution in [0.3, 0.4) is 0 Å². The number of para-hydroxylation sites is 2. The Morgan fingerprint density at radius 1 is 0.867 bits per heavy atom. The third-order valence-electron chi connectivity index (χ3n) is 5.07. The number of carbonyl (C=O) groups excluding carboxylic acids is 1. The van der Waals surface area contributed by atoms with Gasteiger partial charge in [0.1, 0.15) is 0 Å². The Hall–Kier alpha value is -3.12. The first-order valence-corrected chi connectivity index (χ1v) is 11.3. The van der Waals surface area contributed by atoms with Crippen molar-refractivity contribution >= 4 is 27.3 Å². The number of nitrogens with one attached hydrogen (secondary N) is 1. The zero-order chi connectivity index (χ0) is 21.9. The summed E-state index contributed by atoms with van der Waals surface area (Å²) in [4.78, 5) is 13.0. The SMILES string of the molecule is CCN(c1ccccc1)S(=O)(=O)c1cc(C(=O)Nc2c(C)cccc2C)ccc1C. The van der Waals surface area contributed by atoms with Crippen LogP contribution >= 0.6 is 0 Å². The average molecular weight is 423 g/mol. The van der Waals surface area contributed by atoms with Crippen LogP contribution < -0.4 is 9.62 Å². The minimum absolute atomic E-state index is 0.127. The Kier molecular flexibility index (Phi) is 6.27. The van der Waals surface area contributed by atoms with Crippen molar-refractivity contribution in [2.75, 3.05) is 16.2 Å². The van der Waals surface area contributed by atoms with Gasteiger partial charge in [-0.05, 0) is 68.7 Å². The van der Waals surface area contributed by atoms with Gasteiger partial charge in [-0.3, -0.25) is 9.10 Å². The molecule has 5 nitrogen and oxygen atoms in total. The van der Waals surface area contributed by atoms with Crippen LogP contribution in [-0.2, 0) is 10.0 Å². The van der Waals surface area contributed by atoms with Crippen LogP contribution in [0.2, 0.25) is 0 Å². The van der Waals surface area contributed by atoms with Crippen LogP contribution in [0.5, 0.6) is 0 Å². The summed E-state index contributed by atoms with van der Waals surface area (Å²) in [7, 11) is -3.83. The monoisotopic (exact) mass is 422 g/mol. The molecule has 30 heavy (non-hydrogen) atoms. The summed E-state index contributed by atoms with van der Waals surface area (Å²) < 4.78 is 28.2. The number of hydrogen-bond acceptors (Lipinski definition) is 3. The molecule has 0 saturated carbocycles. The molecule has 0 fully saturated rings. The molecule has 0 aliphatic carbocycles. The Morgan fingerprint density at radius 2 is 1.50 bits per heavy atom. The quantitative estimate of drug-likeness (QED) is 0.602. The lowest BCUT2D eigenvalue weighted by atomic mass is 10.1. The molecule has 1 amide bonds. The molecule has 0 aliphatic heterocycles. The van der Waals surface area contributed by atoms with E-state index in [4.69, 9.17) is 0 Å². The minimum atomic E-state index is -3.83. The molecule has 0 aromatic heterocycles. The van der Waals surface area contributed by atoms with Crippen LogP contribution in [0.15, 0.2) is 71.6 Å². The molecule has 1 N–H and O–H groups in total. The lowest BCUT2D eigenvalue weighted by Gasteiger charge is -2.24. The highest BCUT2D eigenvalue weighted by atomic mass is 32.2. The van der Waals surface area contributed by atoms with Crippen molar-refractivity contribution in [2.45, 2.75) is 32.6 Å². The lowest BCUT2D eigenvalue weighted by molar-refractivity contribution is 0.102. The first-order chi connectivity index (χ1) is 14.3. The maximum Gasteiger partial charge on any atom is 0.264 e. The van der Waals surface area contributed by atoms with Crippen molar-refractivity contribution in [2.24, 2.45) is 0 Å². The third-order valence-corrected chi connectivity index (χ3v) is 7.11. The van der Waals surface area contributed by atoms with Crippen molar-refractivity contribution in [3.63, 3.8) is 0 Å². The third kappa shape index (κ3) is 4.24. The van der Waals surface area contributed by atoms with E-state index >= 15 is 0 Å². The summed E-state index contributed by atoms with van der Waals surface area (Å²) in [5, 5.41) is 2.92. The first kappa shape index (κ1) is 21.6. The standard InChI is InChI=1S/C24H26N2O3S/c1-5-26(21-12-7-6-8-13-21)30(28,29)22-16-20(15-14-17(22)2)24(27)25-23-18(3)10-9-11-19(23)4/h6-16H,5H2,1-4H3,(H,25,27). The van der Waals surface area contributed by atoms with Gasteiger partial charge in [0.25, 0.3) is 15.9 Å². The van der Waals surface area contributed by atoms with Gasteiger partial charge in [-0.25, -0.2) is 8.42 Å². The number of anilines is 2. The predicted molar refractivity (Wildman–Crippen MR) is 122 cm³/mol. The molecule has 0 aliphatic rings. The first-order valence-electron chi connectivity index (χ1n) is 9.81. The maximum atomic E-state index is 13.4. The molecule has 3 rings (SSSR count). The molecule has 0 bridgehead atoms. The second-order valence-corrected chi connectivity index (χ2v) is 9.04. The van der Waals surface area contributed by atoms with E-state index in [0.29, 0.717) is 16.8 Å². The lowest BCUT2D eigenvalue weighted by Crippen LogP contribution is -2.31. The van der Waals surface area contributed by atoms with Crippen LogP contribution in [0.1, 0.15) is 34.0 Å². The van der Waals surface area contributed by atoms with Crippen LogP contribution in [0.4, 0.5) is 11.4 Å². The van der Waals surface area contributed by atoms with Crippen LogP contribution in [0.25, 0.3) is 0 Å². The number of nitrogens with zero attached hydrogens (tertiary/aromatic N) is 1. The number of hydrogen-bond donors (Lipinski definition) is 1. The normalized spacial score (nSPS) is 11.2. The Balaban J connectivity index is 1.99. The second-order valence-electron chi connectivity index (χ2n) is 7.21. The van der Waals surface area contributed by atoms with E-state index in [1.165, 1.54) is 10.4 Å².